The second-order valence-corrected chi connectivity index (χ2v) is 8.85. The van der Waals surface area contributed by atoms with E-state index < -0.39 is 49.5 Å². The molecule has 3 aliphatic heterocycles. The van der Waals surface area contributed by atoms with Crippen molar-refractivity contribution < 1.29 is 53.6 Å². The Labute approximate surface area is 195 Å². The van der Waals surface area contributed by atoms with Gasteiger partial charge in [0.05, 0.1) is 37.6 Å². The number of methoxy groups -OCH3 is 1. The maximum atomic E-state index is 13.4. The van der Waals surface area contributed by atoms with Crippen LogP contribution in [0.2, 0.25) is 0 Å². The number of rotatable bonds is 5. The average Bonchev–Trinajstić information content (AvgIpc) is 3.31. The number of carbonyl (C=O) groups excluding carboxylic acids is 1. The number of aliphatic hydroxyl groups is 4. The molecule has 0 radical (unpaired) electrons. The zero-order valence-corrected chi connectivity index (χ0v) is 18.5. The topological polar surface area (TPSA) is 153 Å². The molecule has 1 saturated carbocycles. The standard InChI is InChI=1S/C23H28O11/c1-29-14-6-17-16(31-9-32-17)5-12(14)13-8-30-15-4-10(2-3-11(15)19(13)25)33-23-22(28)21(27)20(26)18(7-24)34-23/h5-6,8,10-11,15,18,20-24,26-28H,2-4,7,9H2,1H3/t10?,11?,15?,18-,20-,21+,22-,23-/m1/s1. The summed E-state index contributed by atoms with van der Waals surface area (Å²) >= 11 is 0. The minimum Gasteiger partial charge on any atom is -0.496 e. The van der Waals surface area contributed by atoms with E-state index in [1.807, 2.05) is 0 Å². The molecule has 1 aromatic carbocycles. The number of Topliss-reactive ketones (excluding diaryl/α,β-unsaturated/α-hetero) is 1. The zero-order valence-electron chi connectivity index (χ0n) is 18.5. The van der Waals surface area contributed by atoms with E-state index in [2.05, 4.69) is 0 Å². The third-order valence-corrected chi connectivity index (χ3v) is 6.87. The van der Waals surface area contributed by atoms with Crippen molar-refractivity contribution in [2.24, 2.45) is 5.92 Å². The molecule has 3 unspecified atom stereocenters. The predicted octanol–water partition coefficient (Wildman–Crippen LogP) is -0.282. The first-order valence-electron chi connectivity index (χ1n) is 11.2. The Bertz CT molecular complexity index is 960. The van der Waals surface area contributed by atoms with E-state index in [0.29, 0.717) is 47.6 Å². The Morgan fingerprint density at radius 1 is 1.06 bits per heavy atom. The largest absolute Gasteiger partial charge is 0.496 e. The molecule has 11 heteroatoms. The Hall–Kier alpha value is -2.41. The molecule has 3 heterocycles. The summed E-state index contributed by atoms with van der Waals surface area (Å²) < 4.78 is 33.5. The van der Waals surface area contributed by atoms with Crippen LogP contribution < -0.4 is 14.2 Å². The van der Waals surface area contributed by atoms with Gasteiger partial charge in [-0.05, 0) is 18.9 Å². The summed E-state index contributed by atoms with van der Waals surface area (Å²) in [5, 5.41) is 39.5. The molecule has 1 aliphatic carbocycles. The lowest BCUT2D eigenvalue weighted by atomic mass is 9.77. The summed E-state index contributed by atoms with van der Waals surface area (Å²) in [5.41, 5.74) is 0.958. The van der Waals surface area contributed by atoms with E-state index in [1.165, 1.54) is 13.4 Å². The summed E-state index contributed by atoms with van der Waals surface area (Å²) in [7, 11) is 1.51. The first-order valence-corrected chi connectivity index (χ1v) is 11.2. The van der Waals surface area contributed by atoms with E-state index in [1.54, 1.807) is 12.1 Å². The molecular weight excluding hydrogens is 452 g/mol. The van der Waals surface area contributed by atoms with Gasteiger partial charge in [0.2, 0.25) is 6.79 Å². The molecule has 0 bridgehead atoms. The van der Waals surface area contributed by atoms with Gasteiger partial charge in [0.1, 0.15) is 36.3 Å². The lowest BCUT2D eigenvalue weighted by Gasteiger charge is -2.43. The van der Waals surface area contributed by atoms with E-state index >= 15 is 0 Å². The molecule has 5 rings (SSSR count). The average molecular weight is 480 g/mol. The monoisotopic (exact) mass is 480 g/mol. The number of aliphatic hydroxyl groups excluding tert-OH is 4. The molecule has 0 amide bonds. The summed E-state index contributed by atoms with van der Waals surface area (Å²) in [6.07, 6.45) is -4.77. The molecule has 8 atom stereocenters. The number of carbonyl (C=O) groups is 1. The van der Waals surface area contributed by atoms with Gasteiger partial charge >= 0.3 is 0 Å². The zero-order chi connectivity index (χ0) is 24.0. The van der Waals surface area contributed by atoms with E-state index in [4.69, 9.17) is 28.4 Å². The molecule has 186 valence electrons. The van der Waals surface area contributed by atoms with Crippen molar-refractivity contribution >= 4 is 11.4 Å². The van der Waals surface area contributed by atoms with E-state index in [0.717, 1.165) is 0 Å². The van der Waals surface area contributed by atoms with Gasteiger partial charge in [0, 0.05) is 18.1 Å². The Balaban J connectivity index is 1.29. The van der Waals surface area contributed by atoms with Crippen molar-refractivity contribution in [1.82, 2.24) is 0 Å². The van der Waals surface area contributed by atoms with Crippen LogP contribution in [0.25, 0.3) is 5.57 Å². The number of hydrogen-bond donors (Lipinski definition) is 4. The van der Waals surface area contributed by atoms with Crippen LogP contribution >= 0.6 is 0 Å². The van der Waals surface area contributed by atoms with Crippen molar-refractivity contribution in [3.8, 4) is 17.2 Å². The van der Waals surface area contributed by atoms with Gasteiger partial charge in [-0.1, -0.05) is 0 Å². The van der Waals surface area contributed by atoms with Crippen molar-refractivity contribution in [1.29, 1.82) is 0 Å². The summed E-state index contributed by atoms with van der Waals surface area (Å²) in [6, 6.07) is 3.39. The Kier molecular flexibility index (Phi) is 6.40. The van der Waals surface area contributed by atoms with E-state index in [-0.39, 0.29) is 18.5 Å². The SMILES string of the molecule is COc1cc2c(cc1C1=COC3CC(O[C@@H]4O[C@H](CO)[C@@H](O)[C@H](O)[C@H]4O)CCC3C1=O)OCO2. The number of fused-ring (bicyclic) bond motifs is 2. The minimum atomic E-state index is -1.51. The second kappa shape index (κ2) is 9.33. The highest BCUT2D eigenvalue weighted by molar-refractivity contribution is 6.23. The molecule has 11 nitrogen and oxygen atoms in total. The van der Waals surface area contributed by atoms with Gasteiger partial charge < -0.3 is 48.8 Å². The molecule has 4 aliphatic rings. The molecule has 0 spiro atoms. The number of hydrogen-bond acceptors (Lipinski definition) is 11. The minimum absolute atomic E-state index is 0.0697. The number of ether oxygens (including phenoxy) is 6. The lowest BCUT2D eigenvalue weighted by Crippen LogP contribution is -2.60. The van der Waals surface area contributed by atoms with Crippen LogP contribution in [0.5, 0.6) is 17.2 Å². The van der Waals surface area contributed by atoms with Crippen molar-refractivity contribution in [2.75, 3.05) is 20.5 Å². The van der Waals surface area contributed by atoms with Crippen molar-refractivity contribution in [2.45, 2.75) is 62.2 Å². The van der Waals surface area contributed by atoms with Gasteiger partial charge in [0.15, 0.2) is 23.6 Å². The fraction of sp³-hybridized carbons (Fsp3) is 0.609. The summed E-state index contributed by atoms with van der Waals surface area (Å²) in [4.78, 5) is 13.4. The molecule has 4 N–H and O–H groups in total. The highest BCUT2D eigenvalue weighted by atomic mass is 16.7. The van der Waals surface area contributed by atoms with Gasteiger partial charge in [-0.2, -0.15) is 0 Å². The summed E-state index contributed by atoms with van der Waals surface area (Å²) in [5.74, 6) is 1.10. The maximum Gasteiger partial charge on any atom is 0.231 e. The highest BCUT2D eigenvalue weighted by Crippen LogP contribution is 2.44. The van der Waals surface area contributed by atoms with Crippen molar-refractivity contribution in [3.63, 3.8) is 0 Å². The van der Waals surface area contributed by atoms with Crippen LogP contribution in [0, 0.1) is 5.92 Å². The lowest BCUT2D eigenvalue weighted by molar-refractivity contribution is -0.314. The molecule has 2 fully saturated rings. The van der Waals surface area contributed by atoms with Gasteiger partial charge in [0.25, 0.3) is 0 Å². The quantitative estimate of drug-likeness (QED) is 0.440. The van der Waals surface area contributed by atoms with Crippen LogP contribution in [0.3, 0.4) is 0 Å². The third-order valence-electron chi connectivity index (χ3n) is 6.87. The van der Waals surface area contributed by atoms with Crippen LogP contribution in [-0.2, 0) is 19.0 Å². The molecule has 34 heavy (non-hydrogen) atoms. The number of benzene rings is 1. The molecule has 1 saturated heterocycles. The Morgan fingerprint density at radius 3 is 2.56 bits per heavy atom. The second-order valence-electron chi connectivity index (χ2n) is 8.85. The molecule has 1 aromatic rings. The fourth-order valence-electron chi connectivity index (χ4n) is 4.95. The summed E-state index contributed by atoms with van der Waals surface area (Å²) in [6.45, 7) is -0.430. The van der Waals surface area contributed by atoms with E-state index in [9.17, 15) is 25.2 Å². The van der Waals surface area contributed by atoms with Crippen molar-refractivity contribution in [3.05, 3.63) is 24.0 Å². The van der Waals surface area contributed by atoms with Crippen LogP contribution in [-0.4, -0.2) is 89.6 Å². The van der Waals surface area contributed by atoms with Crippen LogP contribution in [0.1, 0.15) is 24.8 Å². The Morgan fingerprint density at radius 2 is 1.82 bits per heavy atom. The maximum absolute atomic E-state index is 13.4. The predicted molar refractivity (Wildman–Crippen MR) is 113 cm³/mol. The molecule has 0 aromatic heterocycles. The first-order chi connectivity index (χ1) is 16.4. The smallest absolute Gasteiger partial charge is 0.231 e. The normalized spacial score (nSPS) is 37.0. The highest BCUT2D eigenvalue weighted by Gasteiger charge is 2.47. The van der Waals surface area contributed by atoms with Crippen LogP contribution in [0.4, 0.5) is 0 Å². The van der Waals surface area contributed by atoms with Crippen LogP contribution in [0.15, 0.2) is 18.4 Å². The van der Waals surface area contributed by atoms with Gasteiger partial charge in [-0.3, -0.25) is 4.79 Å². The number of ketones is 1. The van der Waals surface area contributed by atoms with Gasteiger partial charge in [-0.15, -0.1) is 0 Å². The molecular formula is C23H28O11. The first kappa shape index (κ1) is 23.3. The third kappa shape index (κ3) is 4.02. The fourth-order valence-corrected chi connectivity index (χ4v) is 4.95. The van der Waals surface area contributed by atoms with Gasteiger partial charge in [-0.25, -0.2) is 0 Å². The number of allylic oxidation sites excluding steroid dienone is 1.